The Balaban J connectivity index is 1.68. The second kappa shape index (κ2) is 7.63. The van der Waals surface area contributed by atoms with Crippen LogP contribution < -0.4 is 0 Å². The number of carbonyl (C=O) groups excluding carboxylic acids is 1. The summed E-state index contributed by atoms with van der Waals surface area (Å²) in [6.45, 7) is 1.15. The van der Waals surface area contributed by atoms with Crippen LogP contribution in [0.1, 0.15) is 4.88 Å². The monoisotopic (exact) mass is 418 g/mol. The van der Waals surface area contributed by atoms with E-state index in [4.69, 9.17) is 23.2 Å². The van der Waals surface area contributed by atoms with Gasteiger partial charge in [-0.1, -0.05) is 35.3 Å². The zero-order valence-corrected chi connectivity index (χ0v) is 16.3. The molecular weight excluding hydrogens is 403 g/mol. The summed E-state index contributed by atoms with van der Waals surface area (Å²) in [6.07, 6.45) is 0.348. The minimum atomic E-state index is -3.79. The molecule has 1 aliphatic heterocycles. The lowest BCUT2D eigenvalue weighted by Crippen LogP contribution is -2.50. The number of halogens is 2. The van der Waals surface area contributed by atoms with E-state index in [-0.39, 0.29) is 33.9 Å². The predicted octanol–water partition coefficient (Wildman–Crippen LogP) is 3.13. The van der Waals surface area contributed by atoms with E-state index in [0.29, 0.717) is 19.5 Å². The van der Waals surface area contributed by atoms with E-state index >= 15 is 0 Å². The Morgan fingerprint density at radius 3 is 2.24 bits per heavy atom. The number of sulfonamides is 1. The molecule has 0 radical (unpaired) electrons. The van der Waals surface area contributed by atoms with Crippen molar-refractivity contribution in [3.63, 3.8) is 0 Å². The van der Waals surface area contributed by atoms with Crippen molar-refractivity contribution in [2.45, 2.75) is 11.3 Å². The molecule has 0 N–H and O–H groups in total. The molecule has 0 atom stereocenters. The number of piperazine rings is 1. The van der Waals surface area contributed by atoms with Gasteiger partial charge in [0.25, 0.3) is 0 Å². The fourth-order valence-electron chi connectivity index (χ4n) is 2.71. The molecule has 0 spiro atoms. The molecule has 0 unspecified atom stereocenters. The van der Waals surface area contributed by atoms with E-state index in [1.165, 1.54) is 27.8 Å². The fourth-order valence-corrected chi connectivity index (χ4v) is 5.92. The van der Waals surface area contributed by atoms with Crippen LogP contribution >= 0.6 is 34.5 Å². The number of hydrogen-bond acceptors (Lipinski definition) is 4. The highest BCUT2D eigenvalue weighted by Gasteiger charge is 2.32. The molecule has 3 rings (SSSR count). The quantitative estimate of drug-likeness (QED) is 0.765. The molecule has 1 saturated heterocycles. The van der Waals surface area contributed by atoms with Gasteiger partial charge in [-0.2, -0.15) is 4.31 Å². The number of carbonyl (C=O) groups is 1. The molecule has 9 heteroatoms. The van der Waals surface area contributed by atoms with Crippen molar-refractivity contribution in [3.8, 4) is 0 Å². The smallest absolute Gasteiger partial charge is 0.246 e. The normalized spacial score (nSPS) is 16.2. The number of thiophene rings is 1. The molecule has 134 valence electrons. The van der Waals surface area contributed by atoms with Crippen LogP contribution in [0.4, 0.5) is 0 Å². The van der Waals surface area contributed by atoms with Crippen LogP contribution in [0.25, 0.3) is 0 Å². The highest BCUT2D eigenvalue weighted by atomic mass is 35.5. The maximum absolute atomic E-state index is 12.8. The van der Waals surface area contributed by atoms with Gasteiger partial charge in [0.1, 0.15) is 4.90 Å². The Kier molecular flexibility index (Phi) is 5.70. The second-order valence-electron chi connectivity index (χ2n) is 5.59. The van der Waals surface area contributed by atoms with E-state index in [0.717, 1.165) is 4.88 Å². The summed E-state index contributed by atoms with van der Waals surface area (Å²) in [7, 11) is -3.79. The first-order valence-corrected chi connectivity index (χ1v) is 10.7. The zero-order chi connectivity index (χ0) is 18.0. The predicted molar refractivity (Wildman–Crippen MR) is 99.8 cm³/mol. The van der Waals surface area contributed by atoms with E-state index in [1.807, 2.05) is 17.5 Å². The maximum atomic E-state index is 12.8. The third kappa shape index (κ3) is 4.01. The van der Waals surface area contributed by atoms with Gasteiger partial charge in [-0.15, -0.1) is 11.3 Å². The molecule has 2 aromatic rings. The van der Waals surface area contributed by atoms with Gasteiger partial charge in [-0.3, -0.25) is 4.79 Å². The van der Waals surface area contributed by atoms with E-state index in [1.54, 1.807) is 11.0 Å². The lowest BCUT2D eigenvalue weighted by Gasteiger charge is -2.34. The Morgan fingerprint density at radius 2 is 1.68 bits per heavy atom. The van der Waals surface area contributed by atoms with Gasteiger partial charge in [-0.05, 0) is 23.6 Å². The van der Waals surface area contributed by atoms with Crippen LogP contribution in [-0.4, -0.2) is 49.7 Å². The van der Waals surface area contributed by atoms with E-state index in [2.05, 4.69) is 0 Å². The van der Waals surface area contributed by atoms with Crippen molar-refractivity contribution in [1.82, 2.24) is 9.21 Å². The Labute approximate surface area is 160 Å². The number of nitrogens with zero attached hydrogens (tertiary/aromatic N) is 2. The Morgan fingerprint density at radius 1 is 1.04 bits per heavy atom. The summed E-state index contributed by atoms with van der Waals surface area (Å²) in [4.78, 5) is 14.9. The van der Waals surface area contributed by atoms with Gasteiger partial charge < -0.3 is 4.90 Å². The lowest BCUT2D eigenvalue weighted by atomic mass is 10.3. The van der Waals surface area contributed by atoms with Crippen molar-refractivity contribution in [1.29, 1.82) is 0 Å². The molecule has 1 amide bonds. The largest absolute Gasteiger partial charge is 0.340 e. The average molecular weight is 419 g/mol. The summed E-state index contributed by atoms with van der Waals surface area (Å²) in [5.74, 6) is 0.00951. The zero-order valence-electron chi connectivity index (χ0n) is 13.2. The van der Waals surface area contributed by atoms with Crippen molar-refractivity contribution in [2.24, 2.45) is 0 Å². The highest BCUT2D eigenvalue weighted by molar-refractivity contribution is 7.89. The van der Waals surface area contributed by atoms with Crippen molar-refractivity contribution < 1.29 is 13.2 Å². The van der Waals surface area contributed by atoms with Crippen LogP contribution in [0.5, 0.6) is 0 Å². The third-order valence-corrected chi connectivity index (χ3v) is 7.74. The third-order valence-electron chi connectivity index (χ3n) is 4.01. The first kappa shape index (κ1) is 18.7. The minimum absolute atomic E-state index is 0.00951. The Hall–Kier alpha value is -1.12. The Bertz CT molecular complexity index is 841. The van der Waals surface area contributed by atoms with Gasteiger partial charge in [0.05, 0.1) is 16.5 Å². The highest BCUT2D eigenvalue weighted by Crippen LogP contribution is 2.31. The van der Waals surface area contributed by atoms with Crippen molar-refractivity contribution >= 4 is 50.5 Å². The van der Waals surface area contributed by atoms with Crippen LogP contribution in [0.3, 0.4) is 0 Å². The summed E-state index contributed by atoms with van der Waals surface area (Å²) in [5.41, 5.74) is 0. The van der Waals surface area contributed by atoms with Crippen LogP contribution in [0, 0.1) is 0 Å². The molecule has 0 bridgehead atoms. The molecule has 0 aliphatic carbocycles. The molecular formula is C16H16Cl2N2O3S2. The van der Waals surface area contributed by atoms with Crippen LogP contribution in [0.15, 0.2) is 40.6 Å². The standard InChI is InChI=1S/C16H16Cl2N2O3S2/c17-13-4-1-5-14(18)16(13)25(22,23)20-8-6-19(7-9-20)15(21)11-12-3-2-10-24-12/h1-5,10H,6-9,11H2. The molecule has 1 aliphatic rings. The molecule has 25 heavy (non-hydrogen) atoms. The number of amides is 1. The van der Waals surface area contributed by atoms with Gasteiger partial charge in [0.15, 0.2) is 0 Å². The first-order chi connectivity index (χ1) is 11.9. The fraction of sp³-hybridized carbons (Fsp3) is 0.312. The lowest BCUT2D eigenvalue weighted by molar-refractivity contribution is -0.131. The van der Waals surface area contributed by atoms with E-state index < -0.39 is 10.0 Å². The number of hydrogen-bond donors (Lipinski definition) is 0. The van der Waals surface area contributed by atoms with Crippen LogP contribution in [0.2, 0.25) is 10.0 Å². The van der Waals surface area contributed by atoms with Gasteiger partial charge in [0.2, 0.25) is 15.9 Å². The topological polar surface area (TPSA) is 57.7 Å². The van der Waals surface area contributed by atoms with E-state index in [9.17, 15) is 13.2 Å². The summed E-state index contributed by atoms with van der Waals surface area (Å²) >= 11 is 13.6. The van der Waals surface area contributed by atoms with Crippen molar-refractivity contribution in [3.05, 3.63) is 50.6 Å². The molecule has 1 aromatic carbocycles. The molecule has 2 heterocycles. The summed E-state index contributed by atoms with van der Waals surface area (Å²) < 4.78 is 27.0. The molecule has 1 fully saturated rings. The average Bonchev–Trinajstić information content (AvgIpc) is 3.07. The summed E-state index contributed by atoms with van der Waals surface area (Å²) in [5, 5.41) is 2.13. The van der Waals surface area contributed by atoms with Gasteiger partial charge in [-0.25, -0.2) is 8.42 Å². The second-order valence-corrected chi connectivity index (χ2v) is 9.31. The minimum Gasteiger partial charge on any atom is -0.340 e. The van der Waals surface area contributed by atoms with Gasteiger partial charge >= 0.3 is 0 Å². The van der Waals surface area contributed by atoms with Crippen LogP contribution in [-0.2, 0) is 21.2 Å². The number of rotatable bonds is 4. The first-order valence-electron chi connectivity index (χ1n) is 7.64. The molecule has 0 saturated carbocycles. The number of benzene rings is 1. The van der Waals surface area contributed by atoms with Gasteiger partial charge in [0, 0.05) is 31.1 Å². The molecule has 1 aromatic heterocycles. The SMILES string of the molecule is O=C(Cc1cccs1)N1CCN(S(=O)(=O)c2c(Cl)cccc2Cl)CC1. The maximum Gasteiger partial charge on any atom is 0.246 e. The summed E-state index contributed by atoms with van der Waals surface area (Å²) in [6, 6.07) is 8.43. The molecule has 5 nitrogen and oxygen atoms in total. The van der Waals surface area contributed by atoms with Crippen molar-refractivity contribution in [2.75, 3.05) is 26.2 Å².